The highest BCUT2D eigenvalue weighted by molar-refractivity contribution is 6.30. The summed E-state index contributed by atoms with van der Waals surface area (Å²) in [4.78, 5) is 13.9. The Hall–Kier alpha value is -2.45. The van der Waals surface area contributed by atoms with E-state index in [2.05, 4.69) is 0 Å². The van der Waals surface area contributed by atoms with Crippen molar-refractivity contribution in [2.45, 2.75) is 18.7 Å². The third-order valence-electron chi connectivity index (χ3n) is 4.43. The molecule has 1 N–H and O–H groups in total. The van der Waals surface area contributed by atoms with Crippen molar-refractivity contribution in [2.24, 2.45) is 0 Å². The highest BCUT2D eigenvalue weighted by Crippen LogP contribution is 2.31. The number of carbonyl (C=O) groups excluding carboxylic acids is 1. The number of ether oxygens (including phenoxy) is 2. The lowest BCUT2D eigenvalue weighted by molar-refractivity contribution is -0.206. The van der Waals surface area contributed by atoms with E-state index < -0.39 is 24.7 Å². The van der Waals surface area contributed by atoms with Gasteiger partial charge in [0.2, 0.25) is 0 Å². The molecule has 9 heteroatoms. The van der Waals surface area contributed by atoms with E-state index in [0.29, 0.717) is 36.2 Å². The molecule has 5 nitrogen and oxygen atoms in total. The zero-order chi connectivity index (χ0) is 21.0. The number of hydrogen-bond acceptors (Lipinski definition) is 4. The third-order valence-corrected chi connectivity index (χ3v) is 4.68. The molecule has 156 valence electrons. The number of rotatable bonds is 6. The first-order valence-corrected chi connectivity index (χ1v) is 9.30. The van der Waals surface area contributed by atoms with Crippen LogP contribution in [0.1, 0.15) is 15.9 Å². The van der Waals surface area contributed by atoms with E-state index in [9.17, 15) is 23.1 Å². The van der Waals surface area contributed by atoms with Gasteiger partial charge < -0.3 is 19.5 Å². The van der Waals surface area contributed by atoms with Crippen molar-refractivity contribution in [3.63, 3.8) is 0 Å². The summed E-state index contributed by atoms with van der Waals surface area (Å²) in [5.41, 5.74) is 0.954. The number of aliphatic hydroxyl groups is 1. The Labute approximate surface area is 170 Å². The van der Waals surface area contributed by atoms with Crippen molar-refractivity contribution in [1.82, 2.24) is 4.90 Å². The van der Waals surface area contributed by atoms with Crippen molar-refractivity contribution in [1.29, 1.82) is 0 Å². The first-order chi connectivity index (χ1) is 13.7. The number of nitrogens with zero attached hydrogens (tertiary/aromatic N) is 1. The average molecular weight is 430 g/mol. The summed E-state index contributed by atoms with van der Waals surface area (Å²) >= 11 is 5.84. The van der Waals surface area contributed by atoms with Gasteiger partial charge in [-0.15, -0.1) is 0 Å². The largest absolute Gasteiger partial charge is 0.486 e. The van der Waals surface area contributed by atoms with E-state index in [1.807, 2.05) is 0 Å². The van der Waals surface area contributed by atoms with Crippen LogP contribution >= 0.6 is 11.6 Å². The van der Waals surface area contributed by atoms with Gasteiger partial charge in [0, 0.05) is 17.1 Å². The van der Waals surface area contributed by atoms with Crippen LogP contribution in [0.15, 0.2) is 42.5 Å². The molecular formula is C20H19ClF3NO4. The fourth-order valence-electron chi connectivity index (χ4n) is 2.86. The Bertz CT molecular complexity index is 858. The molecule has 0 fully saturated rings. The van der Waals surface area contributed by atoms with Crippen molar-refractivity contribution in [3.05, 3.63) is 58.6 Å². The lowest BCUT2D eigenvalue weighted by atomic mass is 10.1. The molecule has 0 radical (unpaired) electrons. The number of hydrogen-bond donors (Lipinski definition) is 1. The summed E-state index contributed by atoms with van der Waals surface area (Å²) in [6.07, 6.45) is -7.17. The number of aliphatic hydroxyl groups excluding tert-OH is 1. The summed E-state index contributed by atoms with van der Waals surface area (Å²) in [5.74, 6) is 0.186. The van der Waals surface area contributed by atoms with Gasteiger partial charge in [-0.3, -0.25) is 4.79 Å². The highest BCUT2D eigenvalue weighted by atomic mass is 35.5. The van der Waals surface area contributed by atoms with Gasteiger partial charge in [0.15, 0.2) is 17.6 Å². The Kier molecular flexibility index (Phi) is 6.54. The maximum atomic E-state index is 12.9. The molecule has 2 aromatic rings. The molecule has 2 aromatic carbocycles. The minimum atomic E-state index is -4.83. The van der Waals surface area contributed by atoms with Gasteiger partial charge >= 0.3 is 6.18 Å². The van der Waals surface area contributed by atoms with E-state index in [1.165, 1.54) is 12.1 Å². The molecule has 0 spiro atoms. The normalized spacial score (nSPS) is 14.4. The molecule has 3 rings (SSSR count). The van der Waals surface area contributed by atoms with Crippen LogP contribution in [0.5, 0.6) is 11.5 Å². The molecule has 1 aliphatic rings. The van der Waals surface area contributed by atoms with Gasteiger partial charge in [-0.25, -0.2) is 0 Å². The second-order valence-corrected chi connectivity index (χ2v) is 6.98. The maximum absolute atomic E-state index is 12.9. The van der Waals surface area contributed by atoms with Crippen LogP contribution in [-0.4, -0.2) is 54.5 Å². The molecule has 0 aromatic heterocycles. The SMILES string of the molecule is O=C(c1ccc2c(c1)OCCO2)N(CCc1ccc(Cl)cc1)C[C@H](O)C(F)(F)F. The number of halogens is 4. The molecule has 1 aliphatic heterocycles. The van der Waals surface area contributed by atoms with Crippen LogP contribution in [-0.2, 0) is 6.42 Å². The zero-order valence-electron chi connectivity index (χ0n) is 15.3. The third kappa shape index (κ3) is 5.55. The number of alkyl halides is 3. The second kappa shape index (κ2) is 8.92. The Morgan fingerprint density at radius 3 is 2.41 bits per heavy atom. The van der Waals surface area contributed by atoms with Gasteiger partial charge in [-0.05, 0) is 42.3 Å². The van der Waals surface area contributed by atoms with Crippen LogP contribution < -0.4 is 9.47 Å². The molecule has 0 saturated heterocycles. The van der Waals surface area contributed by atoms with Gasteiger partial charge in [-0.1, -0.05) is 23.7 Å². The first kappa shape index (κ1) is 21.3. The van der Waals surface area contributed by atoms with Crippen LogP contribution in [0.4, 0.5) is 13.2 Å². The van der Waals surface area contributed by atoms with E-state index in [1.54, 1.807) is 30.3 Å². The standard InChI is InChI=1S/C20H19ClF3NO4/c21-15-4-1-13(2-5-15)7-8-25(12-18(26)20(22,23)24)19(27)14-3-6-16-17(11-14)29-10-9-28-16/h1-6,11,18,26H,7-10,12H2/t18-/m0/s1. The fourth-order valence-corrected chi connectivity index (χ4v) is 2.99. The highest BCUT2D eigenvalue weighted by Gasteiger charge is 2.40. The smallest absolute Gasteiger partial charge is 0.416 e. The number of carbonyl (C=O) groups is 1. The first-order valence-electron chi connectivity index (χ1n) is 8.92. The molecule has 0 bridgehead atoms. The molecule has 1 heterocycles. The molecule has 0 saturated carbocycles. The van der Waals surface area contributed by atoms with Crippen molar-refractivity contribution in [3.8, 4) is 11.5 Å². The van der Waals surface area contributed by atoms with Gasteiger partial charge in [0.25, 0.3) is 5.91 Å². The Morgan fingerprint density at radius 2 is 1.76 bits per heavy atom. The Balaban J connectivity index is 1.79. The number of fused-ring (bicyclic) bond motifs is 1. The minimum Gasteiger partial charge on any atom is -0.486 e. The van der Waals surface area contributed by atoms with Crippen LogP contribution in [0.2, 0.25) is 5.02 Å². The van der Waals surface area contributed by atoms with Crippen LogP contribution in [0, 0.1) is 0 Å². The lowest BCUT2D eigenvalue weighted by Gasteiger charge is -2.27. The van der Waals surface area contributed by atoms with Gasteiger partial charge in [0.1, 0.15) is 13.2 Å². The minimum absolute atomic E-state index is 0.0119. The van der Waals surface area contributed by atoms with E-state index in [0.717, 1.165) is 10.5 Å². The fraction of sp³-hybridized carbons (Fsp3) is 0.350. The quantitative estimate of drug-likeness (QED) is 0.760. The molecular weight excluding hydrogens is 411 g/mol. The summed E-state index contributed by atoms with van der Waals surface area (Å²) in [7, 11) is 0. The van der Waals surface area contributed by atoms with Crippen LogP contribution in [0.3, 0.4) is 0 Å². The predicted molar refractivity (Wildman–Crippen MR) is 101 cm³/mol. The second-order valence-electron chi connectivity index (χ2n) is 6.54. The van der Waals surface area contributed by atoms with E-state index in [-0.39, 0.29) is 12.1 Å². The van der Waals surface area contributed by atoms with E-state index >= 15 is 0 Å². The molecule has 1 atom stereocenters. The summed E-state index contributed by atoms with van der Waals surface area (Å²) < 4.78 is 49.4. The topological polar surface area (TPSA) is 59.0 Å². The van der Waals surface area contributed by atoms with Gasteiger partial charge in [0.05, 0.1) is 6.54 Å². The van der Waals surface area contributed by atoms with Crippen molar-refractivity contribution < 1.29 is 32.5 Å². The Morgan fingerprint density at radius 1 is 1.10 bits per heavy atom. The van der Waals surface area contributed by atoms with E-state index in [4.69, 9.17) is 21.1 Å². The molecule has 0 unspecified atom stereocenters. The zero-order valence-corrected chi connectivity index (χ0v) is 16.0. The maximum Gasteiger partial charge on any atom is 0.416 e. The summed E-state index contributed by atoms with van der Waals surface area (Å²) in [6, 6.07) is 11.2. The molecule has 0 aliphatic carbocycles. The monoisotopic (exact) mass is 429 g/mol. The number of benzene rings is 2. The van der Waals surface area contributed by atoms with Crippen LogP contribution in [0.25, 0.3) is 0 Å². The average Bonchev–Trinajstić information content (AvgIpc) is 2.70. The lowest BCUT2D eigenvalue weighted by Crippen LogP contribution is -2.44. The molecule has 1 amide bonds. The number of amides is 1. The van der Waals surface area contributed by atoms with Gasteiger partial charge in [-0.2, -0.15) is 13.2 Å². The summed E-state index contributed by atoms with van der Waals surface area (Å²) in [5, 5.41) is 10.0. The summed E-state index contributed by atoms with van der Waals surface area (Å²) in [6.45, 7) is -0.185. The van der Waals surface area contributed by atoms with Crippen molar-refractivity contribution >= 4 is 17.5 Å². The molecule has 29 heavy (non-hydrogen) atoms. The predicted octanol–water partition coefficient (Wildman–Crippen LogP) is 3.72. The van der Waals surface area contributed by atoms with Crippen molar-refractivity contribution in [2.75, 3.05) is 26.3 Å².